The largest absolute Gasteiger partial charge is 0.372 e. The number of aliphatic hydroxyl groups excluding tert-OH is 1. The van der Waals surface area contributed by atoms with Gasteiger partial charge in [0, 0.05) is 12.1 Å². The molecule has 2 aliphatic rings. The number of aliphatic hydroxyl groups is 1. The van der Waals surface area contributed by atoms with Crippen LogP contribution in [-0.4, -0.2) is 28.7 Å². The van der Waals surface area contributed by atoms with Crippen molar-refractivity contribution in [3.8, 4) is 0 Å². The molecular formula is C10H9Cl2N3O. The number of fused-ring (bicyclic) bond motifs is 2. The van der Waals surface area contributed by atoms with Crippen molar-refractivity contribution >= 4 is 34.8 Å². The Labute approximate surface area is 102 Å². The Morgan fingerprint density at radius 2 is 2.25 bits per heavy atom. The van der Waals surface area contributed by atoms with Gasteiger partial charge >= 0.3 is 0 Å². The Bertz CT molecular complexity index is 489. The lowest BCUT2D eigenvalue weighted by atomic mass is 10.1. The van der Waals surface area contributed by atoms with E-state index in [1.54, 1.807) is 6.07 Å². The molecule has 0 radical (unpaired) electrons. The summed E-state index contributed by atoms with van der Waals surface area (Å²) in [5.41, 5.74) is 1.72. The maximum absolute atomic E-state index is 9.47. The highest BCUT2D eigenvalue weighted by Gasteiger charge is 2.30. The highest BCUT2D eigenvalue weighted by molar-refractivity contribution is 6.42. The second-order valence-electron chi connectivity index (χ2n) is 3.84. The molecule has 1 saturated heterocycles. The molecule has 0 bridgehead atoms. The van der Waals surface area contributed by atoms with Gasteiger partial charge in [-0.05, 0) is 12.1 Å². The smallest absolute Gasteiger partial charge is 0.201 e. The zero-order chi connectivity index (χ0) is 11.3. The van der Waals surface area contributed by atoms with E-state index in [1.165, 1.54) is 0 Å². The number of aliphatic imine (C=N–C) groups is 1. The van der Waals surface area contributed by atoms with E-state index in [1.807, 2.05) is 11.0 Å². The molecule has 3 rings (SSSR count). The van der Waals surface area contributed by atoms with Crippen LogP contribution in [0, 0.1) is 0 Å². The second kappa shape index (κ2) is 3.52. The van der Waals surface area contributed by atoms with Crippen molar-refractivity contribution in [2.45, 2.75) is 12.8 Å². The van der Waals surface area contributed by atoms with Crippen LogP contribution in [0.3, 0.4) is 0 Å². The molecule has 0 aliphatic carbocycles. The van der Waals surface area contributed by atoms with Crippen LogP contribution in [0.4, 0.5) is 5.69 Å². The number of hydrogen-bond acceptors (Lipinski definition) is 4. The van der Waals surface area contributed by atoms with Crippen LogP contribution in [0.25, 0.3) is 0 Å². The fourth-order valence-corrected chi connectivity index (χ4v) is 2.36. The highest BCUT2D eigenvalue weighted by atomic mass is 35.5. The zero-order valence-corrected chi connectivity index (χ0v) is 9.76. The summed E-state index contributed by atoms with van der Waals surface area (Å²) in [6, 6.07) is 3.56. The molecule has 2 aliphatic heterocycles. The molecular weight excluding hydrogens is 249 g/mol. The van der Waals surface area contributed by atoms with Crippen molar-refractivity contribution in [1.29, 1.82) is 0 Å². The minimum absolute atomic E-state index is 0.515. The molecule has 1 atom stereocenters. The van der Waals surface area contributed by atoms with Gasteiger partial charge in [-0.3, -0.25) is 0 Å². The second-order valence-corrected chi connectivity index (χ2v) is 4.62. The Morgan fingerprint density at radius 3 is 3.06 bits per heavy atom. The van der Waals surface area contributed by atoms with Gasteiger partial charge in [-0.25, -0.2) is 4.99 Å². The van der Waals surface area contributed by atoms with Gasteiger partial charge in [-0.1, -0.05) is 23.2 Å². The van der Waals surface area contributed by atoms with Crippen LogP contribution >= 0.6 is 23.2 Å². The van der Waals surface area contributed by atoms with Crippen molar-refractivity contribution in [2.24, 2.45) is 4.99 Å². The molecule has 0 aromatic heterocycles. The molecule has 6 heteroatoms. The van der Waals surface area contributed by atoms with E-state index in [4.69, 9.17) is 23.2 Å². The van der Waals surface area contributed by atoms with Crippen molar-refractivity contribution < 1.29 is 5.11 Å². The lowest BCUT2D eigenvalue weighted by Gasteiger charge is -2.24. The third-order valence-electron chi connectivity index (χ3n) is 2.74. The zero-order valence-electron chi connectivity index (χ0n) is 8.24. The first kappa shape index (κ1) is 10.2. The summed E-state index contributed by atoms with van der Waals surface area (Å²) in [4.78, 5) is 6.33. The van der Waals surface area contributed by atoms with Gasteiger partial charge in [0.05, 0.1) is 22.3 Å². The fourth-order valence-electron chi connectivity index (χ4n) is 1.97. The molecule has 1 unspecified atom stereocenters. The molecule has 0 saturated carbocycles. The summed E-state index contributed by atoms with van der Waals surface area (Å²) in [6.45, 7) is 1.14. The fraction of sp³-hybridized carbons (Fsp3) is 0.300. The van der Waals surface area contributed by atoms with E-state index in [2.05, 4.69) is 10.3 Å². The van der Waals surface area contributed by atoms with Gasteiger partial charge in [0.2, 0.25) is 5.96 Å². The van der Waals surface area contributed by atoms with E-state index < -0.39 is 6.23 Å². The summed E-state index contributed by atoms with van der Waals surface area (Å²) >= 11 is 12.1. The third-order valence-corrected chi connectivity index (χ3v) is 3.58. The summed E-state index contributed by atoms with van der Waals surface area (Å²) in [5.74, 6) is 0.693. The molecule has 1 aromatic carbocycles. The monoisotopic (exact) mass is 257 g/mol. The molecule has 16 heavy (non-hydrogen) atoms. The minimum Gasteiger partial charge on any atom is -0.372 e. The Hall–Kier alpha value is -0.970. The van der Waals surface area contributed by atoms with Gasteiger partial charge in [0.25, 0.3) is 0 Å². The summed E-state index contributed by atoms with van der Waals surface area (Å²) in [7, 11) is 0. The van der Waals surface area contributed by atoms with Crippen LogP contribution in [0.5, 0.6) is 0 Å². The molecule has 4 nitrogen and oxygen atoms in total. The topological polar surface area (TPSA) is 47.9 Å². The molecule has 0 spiro atoms. The summed E-state index contributed by atoms with van der Waals surface area (Å²) < 4.78 is 0. The first-order valence-corrected chi connectivity index (χ1v) is 5.66. The van der Waals surface area contributed by atoms with Gasteiger partial charge in [-0.15, -0.1) is 0 Å². The predicted octanol–water partition coefficient (Wildman–Crippen LogP) is 1.72. The first-order valence-electron chi connectivity index (χ1n) is 4.90. The van der Waals surface area contributed by atoms with Gasteiger partial charge < -0.3 is 15.3 Å². The minimum atomic E-state index is -0.567. The van der Waals surface area contributed by atoms with Gasteiger partial charge in [-0.2, -0.15) is 0 Å². The van der Waals surface area contributed by atoms with Crippen molar-refractivity contribution in [1.82, 2.24) is 10.2 Å². The molecule has 0 amide bonds. The average molecular weight is 258 g/mol. The van der Waals surface area contributed by atoms with Gasteiger partial charge in [0.1, 0.15) is 6.23 Å². The number of hydrogen-bond donors (Lipinski definition) is 2. The molecule has 2 N–H and O–H groups in total. The van der Waals surface area contributed by atoms with Crippen LogP contribution in [0.15, 0.2) is 17.1 Å². The van der Waals surface area contributed by atoms with E-state index >= 15 is 0 Å². The summed E-state index contributed by atoms with van der Waals surface area (Å²) in [6.07, 6.45) is -0.567. The molecule has 1 fully saturated rings. The maximum atomic E-state index is 9.47. The van der Waals surface area contributed by atoms with E-state index in [0.717, 1.165) is 11.3 Å². The quantitative estimate of drug-likeness (QED) is 0.744. The normalized spacial score (nSPS) is 22.3. The van der Waals surface area contributed by atoms with E-state index in [-0.39, 0.29) is 0 Å². The van der Waals surface area contributed by atoms with Crippen LogP contribution < -0.4 is 5.32 Å². The number of halogens is 2. The molecule has 84 valence electrons. The van der Waals surface area contributed by atoms with Gasteiger partial charge in [0.15, 0.2) is 0 Å². The number of benzene rings is 1. The maximum Gasteiger partial charge on any atom is 0.201 e. The summed E-state index contributed by atoms with van der Waals surface area (Å²) in [5, 5.41) is 13.4. The Balaban J connectivity index is 2.08. The Kier molecular flexibility index (Phi) is 2.24. The number of guanidine groups is 1. The van der Waals surface area contributed by atoms with Crippen molar-refractivity contribution in [2.75, 3.05) is 6.54 Å². The predicted molar refractivity (Wildman–Crippen MR) is 63.1 cm³/mol. The lowest BCUT2D eigenvalue weighted by Crippen LogP contribution is -2.32. The third kappa shape index (κ3) is 1.45. The van der Waals surface area contributed by atoms with Crippen molar-refractivity contribution in [3.05, 3.63) is 27.7 Å². The van der Waals surface area contributed by atoms with Crippen LogP contribution in [0.2, 0.25) is 10.0 Å². The Morgan fingerprint density at radius 1 is 1.44 bits per heavy atom. The van der Waals surface area contributed by atoms with E-state index in [0.29, 0.717) is 29.1 Å². The standard InChI is InChI=1S/C10H9Cl2N3O/c11-6-1-2-7-5(9(6)12)3-15-4-8(16)14-10(15)13-7/h1-2,8,16H,3-4H2,(H,13,14). The number of rotatable bonds is 0. The molecule has 2 heterocycles. The molecule has 1 aromatic rings. The van der Waals surface area contributed by atoms with Crippen molar-refractivity contribution in [3.63, 3.8) is 0 Å². The number of nitrogens with zero attached hydrogens (tertiary/aromatic N) is 2. The average Bonchev–Trinajstić information content (AvgIpc) is 2.61. The van der Waals surface area contributed by atoms with E-state index in [9.17, 15) is 5.11 Å². The first-order chi connectivity index (χ1) is 7.65. The van der Waals surface area contributed by atoms with Crippen LogP contribution in [0.1, 0.15) is 5.56 Å². The SMILES string of the molecule is OC1CN2Cc3c(ccc(Cl)c3Cl)N=C2N1. The van der Waals surface area contributed by atoms with Crippen LogP contribution in [-0.2, 0) is 6.54 Å². The lowest BCUT2D eigenvalue weighted by molar-refractivity contribution is 0.159. The number of nitrogens with one attached hydrogen (secondary N) is 1. The highest BCUT2D eigenvalue weighted by Crippen LogP contribution is 2.36.